The zero-order chi connectivity index (χ0) is 23.5. The molecule has 0 atom stereocenters. The molecule has 0 bridgehead atoms. The molecule has 1 aromatic rings. The first-order chi connectivity index (χ1) is 15.4. The van der Waals surface area contributed by atoms with E-state index in [9.17, 15) is 18.0 Å². The van der Waals surface area contributed by atoms with Crippen molar-refractivity contribution in [3.05, 3.63) is 5.82 Å². The molecule has 0 spiro atoms. The highest BCUT2D eigenvalue weighted by Gasteiger charge is 2.14. The first-order valence-corrected chi connectivity index (χ1v) is 13.6. The number of H-pyrrole nitrogens is 1. The lowest BCUT2D eigenvalue weighted by Crippen LogP contribution is -2.32. The molecule has 0 saturated carbocycles. The molecule has 0 radical (unpaired) electrons. The minimum atomic E-state index is -3.67. The summed E-state index contributed by atoms with van der Waals surface area (Å²) in [7, 11) is -3.67. The number of nitrogens with zero attached hydrogens (tertiary/aromatic N) is 3. The third-order valence-electron chi connectivity index (χ3n) is 5.31. The summed E-state index contributed by atoms with van der Waals surface area (Å²) in [5.74, 6) is -0.409. The Morgan fingerprint density at radius 2 is 1.31 bits per heavy atom. The minimum Gasteiger partial charge on any atom is -0.370 e. The van der Waals surface area contributed by atoms with E-state index in [1.165, 1.54) is 51.4 Å². The molecule has 0 aliphatic rings. The van der Waals surface area contributed by atoms with Gasteiger partial charge in [-0.2, -0.15) is 0 Å². The van der Waals surface area contributed by atoms with Gasteiger partial charge in [0.15, 0.2) is 0 Å². The number of nitrogens with two attached hydrogens (primary N) is 1. The lowest BCUT2D eigenvalue weighted by Gasteiger charge is -2.06. The largest absolute Gasteiger partial charge is 0.370 e. The van der Waals surface area contributed by atoms with Gasteiger partial charge in [-0.15, -0.1) is 5.10 Å². The van der Waals surface area contributed by atoms with Crippen LogP contribution in [0.25, 0.3) is 0 Å². The summed E-state index contributed by atoms with van der Waals surface area (Å²) in [5, 5.41) is 13.8. The molecule has 10 nitrogen and oxygen atoms in total. The Bertz CT molecular complexity index is 725. The predicted molar refractivity (Wildman–Crippen MR) is 123 cm³/mol. The van der Waals surface area contributed by atoms with Gasteiger partial charge in [-0.3, -0.25) is 14.3 Å². The maximum Gasteiger partial charge on any atom is 0.234 e. The number of carbonyl (C=O) groups is 2. The molecule has 0 aromatic carbocycles. The van der Waals surface area contributed by atoms with Crippen molar-refractivity contribution < 1.29 is 18.0 Å². The Morgan fingerprint density at radius 3 is 1.81 bits per heavy atom. The summed E-state index contributed by atoms with van der Waals surface area (Å²) in [5.41, 5.74) is 4.98. The monoisotopic (exact) mass is 472 g/mol. The van der Waals surface area contributed by atoms with Gasteiger partial charge < -0.3 is 5.73 Å². The van der Waals surface area contributed by atoms with Crippen LogP contribution in [0.4, 0.5) is 0 Å². The number of aromatic nitrogens is 4. The first kappa shape index (κ1) is 28.0. The Labute approximate surface area is 191 Å². The Hall–Kier alpha value is -2.04. The van der Waals surface area contributed by atoms with Gasteiger partial charge in [0, 0.05) is 19.3 Å². The second kappa shape index (κ2) is 17.5. The molecule has 11 heteroatoms. The van der Waals surface area contributed by atoms with Crippen LogP contribution < -0.4 is 10.5 Å². The van der Waals surface area contributed by atoms with Crippen LogP contribution in [-0.2, 0) is 26.0 Å². The molecule has 0 saturated heterocycles. The SMILES string of the molecule is NC(=O)CCCS(=O)(=O)NC(=O)CCCCCCCCCCCCCCCc1nnn[nH]1. The van der Waals surface area contributed by atoms with E-state index in [0.29, 0.717) is 6.42 Å². The number of amides is 2. The number of nitrogens with one attached hydrogen (secondary N) is 2. The number of sulfonamides is 1. The quantitative estimate of drug-likeness (QED) is 0.232. The fourth-order valence-corrected chi connectivity index (χ4v) is 4.59. The summed E-state index contributed by atoms with van der Waals surface area (Å²) in [6.45, 7) is 0. The summed E-state index contributed by atoms with van der Waals surface area (Å²) < 4.78 is 25.5. The molecule has 1 aromatic heterocycles. The standard InChI is InChI=1S/C21H40N6O4S/c22-19(28)15-14-18-32(30,31)25-21(29)17-13-11-9-7-5-3-1-2-4-6-8-10-12-16-20-23-26-27-24-20/h1-18H2,(H2,22,28)(H,25,29)(H,23,24,26,27). The highest BCUT2D eigenvalue weighted by Crippen LogP contribution is 2.13. The van der Waals surface area contributed by atoms with Crippen LogP contribution in [0, 0.1) is 0 Å². The minimum absolute atomic E-state index is 0.00125. The summed E-state index contributed by atoms with van der Waals surface area (Å²) >= 11 is 0. The second-order valence-corrected chi connectivity index (χ2v) is 10.2. The molecule has 1 heterocycles. The van der Waals surface area contributed by atoms with E-state index in [2.05, 4.69) is 25.3 Å². The third-order valence-corrected chi connectivity index (χ3v) is 6.68. The Kier molecular flexibility index (Phi) is 15.3. The van der Waals surface area contributed by atoms with Gasteiger partial charge in [-0.25, -0.2) is 13.5 Å². The maximum atomic E-state index is 11.7. The van der Waals surface area contributed by atoms with Crippen molar-refractivity contribution in [3.63, 3.8) is 0 Å². The topological polar surface area (TPSA) is 161 Å². The summed E-state index contributed by atoms with van der Waals surface area (Å²) in [6, 6.07) is 0. The molecule has 4 N–H and O–H groups in total. The van der Waals surface area contributed by atoms with Gasteiger partial charge >= 0.3 is 0 Å². The molecule has 32 heavy (non-hydrogen) atoms. The number of aromatic amines is 1. The van der Waals surface area contributed by atoms with Crippen LogP contribution >= 0.6 is 0 Å². The number of primary amides is 1. The molecule has 184 valence electrons. The number of hydrogen-bond acceptors (Lipinski definition) is 7. The zero-order valence-corrected chi connectivity index (χ0v) is 20.0. The lowest BCUT2D eigenvalue weighted by molar-refractivity contribution is -0.119. The fraction of sp³-hybridized carbons (Fsp3) is 0.857. The van der Waals surface area contributed by atoms with Gasteiger partial charge in [-0.05, 0) is 29.7 Å². The molecular formula is C21H40N6O4S. The molecule has 0 aliphatic heterocycles. The predicted octanol–water partition coefficient (Wildman–Crippen LogP) is 2.92. The van der Waals surface area contributed by atoms with E-state index < -0.39 is 21.8 Å². The highest BCUT2D eigenvalue weighted by molar-refractivity contribution is 7.90. The normalized spacial score (nSPS) is 11.5. The van der Waals surface area contributed by atoms with Gasteiger partial charge in [0.05, 0.1) is 5.75 Å². The Balaban J connectivity index is 1.82. The number of rotatable bonds is 21. The van der Waals surface area contributed by atoms with E-state index in [-0.39, 0.29) is 25.0 Å². The van der Waals surface area contributed by atoms with Crippen LogP contribution in [0.5, 0.6) is 0 Å². The number of tetrazole rings is 1. The van der Waals surface area contributed by atoms with Gasteiger partial charge in [0.25, 0.3) is 0 Å². The van der Waals surface area contributed by atoms with Crippen molar-refractivity contribution in [1.82, 2.24) is 25.3 Å². The second-order valence-electron chi connectivity index (χ2n) is 8.36. The van der Waals surface area contributed by atoms with Crippen molar-refractivity contribution >= 4 is 21.8 Å². The average Bonchev–Trinajstić information content (AvgIpc) is 3.23. The van der Waals surface area contributed by atoms with Crippen molar-refractivity contribution in [2.45, 2.75) is 109 Å². The van der Waals surface area contributed by atoms with Gasteiger partial charge in [0.2, 0.25) is 21.8 Å². The van der Waals surface area contributed by atoms with Gasteiger partial charge in [0.1, 0.15) is 5.82 Å². The first-order valence-electron chi connectivity index (χ1n) is 11.9. The van der Waals surface area contributed by atoms with Crippen LogP contribution in [0.1, 0.15) is 109 Å². The molecule has 2 amide bonds. The number of unbranched alkanes of at least 4 members (excludes halogenated alkanes) is 12. The maximum absolute atomic E-state index is 11.7. The number of carbonyl (C=O) groups excluding carboxylic acids is 2. The van der Waals surface area contributed by atoms with E-state index in [1.807, 2.05) is 0 Å². The number of aryl methyl sites for hydroxylation is 1. The molecular weight excluding hydrogens is 432 g/mol. The van der Waals surface area contributed by atoms with Crippen LogP contribution in [0.3, 0.4) is 0 Å². The fourth-order valence-electron chi connectivity index (χ4n) is 3.52. The van der Waals surface area contributed by atoms with Gasteiger partial charge in [-0.1, -0.05) is 70.6 Å². The van der Waals surface area contributed by atoms with E-state index >= 15 is 0 Å². The van der Waals surface area contributed by atoms with E-state index in [4.69, 9.17) is 5.73 Å². The average molecular weight is 473 g/mol. The molecule has 1 rings (SSSR count). The Morgan fingerprint density at radius 1 is 0.781 bits per heavy atom. The smallest absolute Gasteiger partial charge is 0.234 e. The molecule has 0 fully saturated rings. The van der Waals surface area contributed by atoms with Crippen LogP contribution in [0.15, 0.2) is 0 Å². The molecule has 0 aliphatic carbocycles. The molecule has 0 unspecified atom stereocenters. The van der Waals surface area contributed by atoms with Crippen molar-refractivity contribution in [3.8, 4) is 0 Å². The van der Waals surface area contributed by atoms with E-state index in [1.54, 1.807) is 0 Å². The van der Waals surface area contributed by atoms with Crippen LogP contribution in [0.2, 0.25) is 0 Å². The third kappa shape index (κ3) is 16.6. The van der Waals surface area contributed by atoms with Crippen molar-refractivity contribution in [2.24, 2.45) is 5.73 Å². The summed E-state index contributed by atoms with van der Waals surface area (Å²) in [6.07, 6.45) is 16.3. The zero-order valence-electron chi connectivity index (χ0n) is 19.2. The van der Waals surface area contributed by atoms with Crippen molar-refractivity contribution in [2.75, 3.05) is 5.75 Å². The van der Waals surface area contributed by atoms with Crippen LogP contribution in [-0.4, -0.2) is 46.6 Å². The summed E-state index contributed by atoms with van der Waals surface area (Å²) in [4.78, 5) is 22.4. The number of hydrogen-bond donors (Lipinski definition) is 3. The highest BCUT2D eigenvalue weighted by atomic mass is 32.2. The lowest BCUT2D eigenvalue weighted by atomic mass is 10.0. The van der Waals surface area contributed by atoms with Crippen molar-refractivity contribution in [1.29, 1.82) is 0 Å². The van der Waals surface area contributed by atoms with E-state index in [0.717, 1.165) is 37.9 Å².